The highest BCUT2D eigenvalue weighted by atomic mass is 16.2. The lowest BCUT2D eigenvalue weighted by molar-refractivity contribution is -0.142. The van der Waals surface area contributed by atoms with Crippen LogP contribution in [0.15, 0.2) is 48.6 Å². The average Bonchev–Trinajstić information content (AvgIpc) is 3.14. The van der Waals surface area contributed by atoms with Gasteiger partial charge in [-0.3, -0.25) is 19.3 Å². The summed E-state index contributed by atoms with van der Waals surface area (Å²) in [4.78, 5) is 38.7. The van der Waals surface area contributed by atoms with E-state index in [-0.39, 0.29) is 36.1 Å². The first-order valence-electron chi connectivity index (χ1n) is 9.51. The first-order valence-corrected chi connectivity index (χ1v) is 9.51. The second-order valence-corrected chi connectivity index (χ2v) is 7.47. The average molecular weight is 377 g/mol. The third-order valence-corrected chi connectivity index (χ3v) is 5.56. The van der Waals surface area contributed by atoms with Crippen molar-refractivity contribution >= 4 is 23.4 Å². The Labute approximate surface area is 163 Å². The zero-order chi connectivity index (χ0) is 19.8. The van der Waals surface area contributed by atoms with Crippen LogP contribution >= 0.6 is 0 Å². The molecule has 0 unspecified atom stereocenters. The van der Waals surface area contributed by atoms with Crippen molar-refractivity contribution < 1.29 is 14.4 Å². The van der Waals surface area contributed by atoms with Crippen LogP contribution in [0.3, 0.4) is 0 Å². The lowest BCUT2D eigenvalue weighted by Gasteiger charge is -2.15. The zero-order valence-electron chi connectivity index (χ0n) is 16.0. The number of rotatable bonds is 4. The van der Waals surface area contributed by atoms with Gasteiger partial charge in [-0.25, -0.2) is 0 Å². The number of amides is 3. The topological polar surface area (TPSA) is 71.4 Å². The van der Waals surface area contributed by atoms with Gasteiger partial charge in [0.25, 0.3) is 0 Å². The maximum Gasteiger partial charge on any atom is 0.244 e. The Morgan fingerprint density at radius 1 is 1.00 bits per heavy atom. The van der Waals surface area contributed by atoms with Crippen molar-refractivity contribution in [3.63, 3.8) is 0 Å². The molecule has 2 aromatic rings. The number of anilines is 1. The molecule has 1 aliphatic heterocycles. The van der Waals surface area contributed by atoms with Crippen molar-refractivity contribution in [1.82, 2.24) is 9.47 Å². The van der Waals surface area contributed by atoms with Crippen molar-refractivity contribution in [2.45, 2.75) is 26.7 Å². The zero-order valence-corrected chi connectivity index (χ0v) is 16.0. The third-order valence-electron chi connectivity index (χ3n) is 5.56. The summed E-state index contributed by atoms with van der Waals surface area (Å²) in [5, 5.41) is 2.82. The Kier molecular flexibility index (Phi) is 4.63. The number of aromatic nitrogens is 1. The number of likely N-dealkylation sites (tertiary alicyclic amines) is 1. The summed E-state index contributed by atoms with van der Waals surface area (Å²) in [6.45, 7) is 3.81. The van der Waals surface area contributed by atoms with Gasteiger partial charge in [-0.1, -0.05) is 18.2 Å². The van der Waals surface area contributed by atoms with Crippen LogP contribution in [0.5, 0.6) is 0 Å². The van der Waals surface area contributed by atoms with Crippen LogP contribution in [0.2, 0.25) is 0 Å². The summed E-state index contributed by atoms with van der Waals surface area (Å²) in [6.07, 6.45) is 5.02. The quantitative estimate of drug-likeness (QED) is 0.658. The fourth-order valence-corrected chi connectivity index (χ4v) is 4.17. The number of carbonyl (C=O) groups is 3. The van der Waals surface area contributed by atoms with E-state index in [1.54, 1.807) is 6.07 Å². The van der Waals surface area contributed by atoms with Crippen molar-refractivity contribution in [1.29, 1.82) is 0 Å². The highest BCUT2D eigenvalue weighted by Gasteiger charge is 2.47. The largest absolute Gasteiger partial charge is 0.324 e. The number of nitrogens with zero attached hydrogens (tertiary/aromatic N) is 2. The van der Waals surface area contributed by atoms with Crippen molar-refractivity contribution in [3.8, 4) is 5.69 Å². The van der Waals surface area contributed by atoms with E-state index in [1.165, 1.54) is 0 Å². The van der Waals surface area contributed by atoms with E-state index < -0.39 is 0 Å². The molecule has 0 bridgehead atoms. The number of benzene rings is 1. The van der Waals surface area contributed by atoms with Gasteiger partial charge >= 0.3 is 0 Å². The van der Waals surface area contributed by atoms with Crippen LogP contribution in [-0.2, 0) is 14.4 Å². The molecule has 0 spiro atoms. The molecule has 3 amide bonds. The number of aryl methyl sites for hydroxylation is 2. The van der Waals surface area contributed by atoms with E-state index in [1.807, 2.05) is 56.3 Å². The first-order chi connectivity index (χ1) is 13.5. The molecule has 0 saturated carbocycles. The second kappa shape index (κ2) is 7.11. The van der Waals surface area contributed by atoms with E-state index in [0.29, 0.717) is 18.5 Å². The van der Waals surface area contributed by atoms with E-state index in [4.69, 9.17) is 0 Å². The van der Waals surface area contributed by atoms with Crippen molar-refractivity contribution in [3.05, 3.63) is 59.9 Å². The number of hydrogen-bond donors (Lipinski definition) is 1. The number of fused-ring (bicyclic) bond motifs is 1. The monoisotopic (exact) mass is 377 g/mol. The molecule has 2 atom stereocenters. The number of carbonyl (C=O) groups excluding carboxylic acids is 3. The van der Waals surface area contributed by atoms with Crippen molar-refractivity contribution in [2.24, 2.45) is 11.8 Å². The number of hydrogen-bond acceptors (Lipinski definition) is 3. The summed E-state index contributed by atoms with van der Waals surface area (Å²) in [6, 6.07) is 11.6. The predicted molar refractivity (Wildman–Crippen MR) is 106 cm³/mol. The molecule has 4 rings (SSSR count). The van der Waals surface area contributed by atoms with Crippen LogP contribution < -0.4 is 5.32 Å². The molecule has 144 valence electrons. The fraction of sp³-hybridized carbons (Fsp3) is 0.318. The molecule has 6 nitrogen and oxygen atoms in total. The van der Waals surface area contributed by atoms with Gasteiger partial charge in [0.1, 0.15) is 6.54 Å². The second-order valence-electron chi connectivity index (χ2n) is 7.47. The summed E-state index contributed by atoms with van der Waals surface area (Å²) < 4.78 is 2.10. The molecule has 2 heterocycles. The maximum atomic E-state index is 12.5. The fourth-order valence-electron chi connectivity index (χ4n) is 4.17. The van der Waals surface area contributed by atoms with E-state index in [2.05, 4.69) is 9.88 Å². The molecule has 28 heavy (non-hydrogen) atoms. The first kappa shape index (κ1) is 18.2. The van der Waals surface area contributed by atoms with Crippen molar-refractivity contribution in [2.75, 3.05) is 11.9 Å². The molecule has 1 N–H and O–H groups in total. The van der Waals surface area contributed by atoms with Gasteiger partial charge in [-0.05, 0) is 57.0 Å². The van der Waals surface area contributed by atoms with Gasteiger partial charge in [0.2, 0.25) is 17.7 Å². The lowest BCUT2D eigenvalue weighted by Crippen LogP contribution is -2.38. The Morgan fingerprint density at radius 3 is 2.21 bits per heavy atom. The highest BCUT2D eigenvalue weighted by Crippen LogP contribution is 2.34. The minimum absolute atomic E-state index is 0.234. The predicted octanol–water partition coefficient (Wildman–Crippen LogP) is 2.98. The number of nitrogens with one attached hydrogen (secondary N) is 1. The molecule has 1 saturated heterocycles. The standard InChI is InChI=1S/C22H23N3O3/c1-14-10-11-15(2)25(14)17-7-5-6-16(12-17)23-20(26)13-24-21(27)18-8-3-4-9-19(18)22(24)28/h3-7,10-12,18-19H,8-9,13H2,1-2H3,(H,23,26)/t18-,19+. The Hall–Kier alpha value is -3.15. The van der Waals surface area contributed by atoms with Crippen LogP contribution in [-0.4, -0.2) is 33.7 Å². The minimum atomic E-state index is -0.369. The summed E-state index contributed by atoms with van der Waals surface area (Å²) in [5.41, 5.74) is 3.78. The van der Waals surface area contributed by atoms with Crippen LogP contribution in [0.4, 0.5) is 5.69 Å². The van der Waals surface area contributed by atoms with E-state index in [9.17, 15) is 14.4 Å². The Bertz CT molecular complexity index is 943. The molecular weight excluding hydrogens is 354 g/mol. The molecule has 1 aliphatic carbocycles. The van der Waals surface area contributed by atoms with Crippen LogP contribution in [0, 0.1) is 25.7 Å². The molecular formula is C22H23N3O3. The number of imide groups is 1. The maximum absolute atomic E-state index is 12.5. The summed E-state index contributed by atoms with van der Waals surface area (Å²) in [7, 11) is 0. The Balaban J connectivity index is 1.47. The molecule has 1 aromatic carbocycles. The van der Waals surface area contributed by atoms with Gasteiger partial charge in [-0.2, -0.15) is 0 Å². The van der Waals surface area contributed by atoms with Crippen LogP contribution in [0.1, 0.15) is 24.2 Å². The SMILES string of the molecule is Cc1ccc(C)n1-c1cccc(NC(=O)CN2C(=O)[C@H]3CC=CC[C@H]3C2=O)c1. The van der Waals surface area contributed by atoms with Gasteiger partial charge in [0, 0.05) is 22.8 Å². The summed E-state index contributed by atoms with van der Waals surface area (Å²) in [5.74, 6) is -1.46. The Morgan fingerprint density at radius 2 is 1.61 bits per heavy atom. The van der Waals surface area contributed by atoms with E-state index in [0.717, 1.165) is 22.0 Å². The molecule has 6 heteroatoms. The smallest absolute Gasteiger partial charge is 0.244 e. The third kappa shape index (κ3) is 3.15. The number of allylic oxidation sites excluding steroid dienone is 2. The van der Waals surface area contributed by atoms with E-state index >= 15 is 0 Å². The van der Waals surface area contributed by atoms with Crippen LogP contribution in [0.25, 0.3) is 5.69 Å². The highest BCUT2D eigenvalue weighted by molar-refractivity contribution is 6.08. The molecule has 1 fully saturated rings. The molecule has 1 aromatic heterocycles. The van der Waals surface area contributed by atoms with Gasteiger partial charge in [0.05, 0.1) is 11.8 Å². The van der Waals surface area contributed by atoms with Gasteiger partial charge in [0.15, 0.2) is 0 Å². The van der Waals surface area contributed by atoms with Gasteiger partial charge in [-0.15, -0.1) is 0 Å². The normalized spacial score (nSPS) is 21.1. The minimum Gasteiger partial charge on any atom is -0.324 e. The lowest BCUT2D eigenvalue weighted by atomic mass is 9.85. The van der Waals surface area contributed by atoms with Gasteiger partial charge < -0.3 is 9.88 Å². The summed E-state index contributed by atoms with van der Waals surface area (Å²) >= 11 is 0. The molecule has 2 aliphatic rings. The molecule has 0 radical (unpaired) electrons.